The molecule has 0 aliphatic carbocycles. The minimum absolute atomic E-state index is 0.00307. The summed E-state index contributed by atoms with van der Waals surface area (Å²) in [5.41, 5.74) is 4.96. The van der Waals surface area contributed by atoms with Crippen molar-refractivity contribution >= 4 is 5.91 Å². The number of aryl methyl sites for hydroxylation is 2. The van der Waals surface area contributed by atoms with Crippen molar-refractivity contribution in [3.63, 3.8) is 0 Å². The Bertz CT molecular complexity index is 928. The largest absolute Gasteiger partial charge is 0.497 e. The van der Waals surface area contributed by atoms with E-state index in [9.17, 15) is 4.79 Å². The summed E-state index contributed by atoms with van der Waals surface area (Å²) in [5, 5.41) is 14.6. The Morgan fingerprint density at radius 1 is 1.37 bits per heavy atom. The number of methoxy groups -OCH3 is 1. The average molecular weight is 367 g/mol. The van der Waals surface area contributed by atoms with Gasteiger partial charge in [-0.2, -0.15) is 10.2 Å². The average Bonchev–Trinajstić information content (AvgIpc) is 3.28. The van der Waals surface area contributed by atoms with Gasteiger partial charge in [0.25, 0.3) is 0 Å². The summed E-state index contributed by atoms with van der Waals surface area (Å²) in [6, 6.07) is 7.54. The van der Waals surface area contributed by atoms with Crippen LogP contribution in [0.15, 0.2) is 36.7 Å². The molecule has 1 amide bonds. The zero-order chi connectivity index (χ0) is 19.4. The van der Waals surface area contributed by atoms with E-state index >= 15 is 0 Å². The molecule has 1 aromatic carbocycles. The Labute approximate surface area is 158 Å². The molecule has 3 rings (SSSR count). The van der Waals surface area contributed by atoms with Gasteiger partial charge in [0, 0.05) is 36.4 Å². The van der Waals surface area contributed by atoms with Crippen LogP contribution in [0, 0.1) is 13.8 Å². The molecule has 1 atom stereocenters. The summed E-state index contributed by atoms with van der Waals surface area (Å²) in [6.07, 6.45) is 4.71. The number of carbonyl (C=O) groups excluding carboxylic acids is 1. The Balaban J connectivity index is 1.59. The smallest absolute Gasteiger partial charge is 0.220 e. The second-order valence-electron chi connectivity index (χ2n) is 6.63. The molecule has 2 heterocycles. The van der Waals surface area contributed by atoms with Crippen LogP contribution >= 0.6 is 0 Å². The number of nitrogens with one attached hydrogen (secondary N) is 2. The van der Waals surface area contributed by atoms with E-state index in [0.29, 0.717) is 12.8 Å². The van der Waals surface area contributed by atoms with E-state index in [1.807, 2.05) is 51.2 Å². The zero-order valence-corrected chi connectivity index (χ0v) is 16.1. The maximum atomic E-state index is 12.3. The number of amides is 1. The van der Waals surface area contributed by atoms with E-state index in [1.165, 1.54) is 0 Å². The predicted molar refractivity (Wildman–Crippen MR) is 103 cm³/mol. The first kappa shape index (κ1) is 18.7. The number of aromatic nitrogens is 4. The molecule has 27 heavy (non-hydrogen) atoms. The summed E-state index contributed by atoms with van der Waals surface area (Å²) in [7, 11) is 1.64. The van der Waals surface area contributed by atoms with Gasteiger partial charge in [-0.1, -0.05) is 6.07 Å². The molecule has 0 aliphatic rings. The van der Waals surface area contributed by atoms with Gasteiger partial charge in [0.15, 0.2) is 0 Å². The van der Waals surface area contributed by atoms with Crippen LogP contribution in [-0.4, -0.2) is 33.0 Å². The van der Waals surface area contributed by atoms with Crippen molar-refractivity contribution in [2.75, 3.05) is 7.11 Å². The molecule has 2 N–H and O–H groups in total. The van der Waals surface area contributed by atoms with Crippen LogP contribution in [-0.2, 0) is 11.2 Å². The minimum atomic E-state index is -0.126. The molecule has 7 heteroatoms. The highest BCUT2D eigenvalue weighted by Gasteiger charge is 2.14. The van der Waals surface area contributed by atoms with Gasteiger partial charge in [0.2, 0.25) is 5.91 Å². The van der Waals surface area contributed by atoms with E-state index < -0.39 is 0 Å². The first-order valence-corrected chi connectivity index (χ1v) is 8.96. The van der Waals surface area contributed by atoms with Crippen molar-refractivity contribution in [3.05, 3.63) is 59.2 Å². The number of hydrogen-bond acceptors (Lipinski definition) is 4. The summed E-state index contributed by atoms with van der Waals surface area (Å²) in [6.45, 7) is 5.95. The molecule has 3 aromatic rings. The van der Waals surface area contributed by atoms with Gasteiger partial charge in [-0.05, 0) is 38.5 Å². The van der Waals surface area contributed by atoms with Crippen molar-refractivity contribution in [2.45, 2.75) is 39.7 Å². The number of aromatic amines is 1. The standard InChI is InChI=1S/C20H25N5O2/c1-13-14(2)23-24-19(13)8-9-20(26)22-15(3)16-11-21-25(12-16)17-6-5-7-18(10-17)27-4/h5-7,10-12,15H,8-9H2,1-4H3,(H,22,26)(H,23,24)/t15-/m0/s1. The molecule has 0 saturated heterocycles. The van der Waals surface area contributed by atoms with Gasteiger partial charge in [-0.15, -0.1) is 0 Å². The molecule has 0 saturated carbocycles. The molecule has 0 radical (unpaired) electrons. The third-order valence-corrected chi connectivity index (χ3v) is 4.74. The first-order chi connectivity index (χ1) is 13.0. The summed E-state index contributed by atoms with van der Waals surface area (Å²) < 4.78 is 7.03. The Kier molecular flexibility index (Phi) is 5.59. The van der Waals surface area contributed by atoms with Crippen molar-refractivity contribution in [2.24, 2.45) is 0 Å². The fourth-order valence-corrected chi connectivity index (χ4v) is 2.86. The van der Waals surface area contributed by atoms with E-state index in [0.717, 1.165) is 34.0 Å². The summed E-state index contributed by atoms with van der Waals surface area (Å²) in [5.74, 6) is 0.770. The van der Waals surface area contributed by atoms with Gasteiger partial charge in [-0.25, -0.2) is 4.68 Å². The molecule has 142 valence electrons. The molecule has 0 bridgehead atoms. The Hall–Kier alpha value is -3.09. The maximum absolute atomic E-state index is 12.3. The molecular formula is C20H25N5O2. The number of nitrogens with zero attached hydrogens (tertiary/aromatic N) is 3. The van der Waals surface area contributed by atoms with Gasteiger partial charge < -0.3 is 10.1 Å². The van der Waals surface area contributed by atoms with Crippen molar-refractivity contribution < 1.29 is 9.53 Å². The van der Waals surface area contributed by atoms with Crippen molar-refractivity contribution in [1.29, 1.82) is 0 Å². The number of rotatable bonds is 7. The van der Waals surface area contributed by atoms with Crippen LogP contribution in [0.5, 0.6) is 5.75 Å². The zero-order valence-electron chi connectivity index (χ0n) is 16.1. The lowest BCUT2D eigenvalue weighted by Crippen LogP contribution is -2.26. The first-order valence-electron chi connectivity index (χ1n) is 8.96. The number of benzene rings is 1. The van der Waals surface area contributed by atoms with E-state index in [2.05, 4.69) is 20.6 Å². The lowest BCUT2D eigenvalue weighted by atomic mass is 10.1. The number of hydrogen-bond donors (Lipinski definition) is 2. The SMILES string of the molecule is COc1cccc(-n2cc([C@H](C)NC(=O)CCc3n[nH]c(C)c3C)cn2)c1. The lowest BCUT2D eigenvalue weighted by Gasteiger charge is -2.12. The van der Waals surface area contributed by atoms with Crippen LogP contribution < -0.4 is 10.1 Å². The highest BCUT2D eigenvalue weighted by Crippen LogP contribution is 2.19. The topological polar surface area (TPSA) is 84.8 Å². The Morgan fingerprint density at radius 3 is 2.89 bits per heavy atom. The molecule has 0 unspecified atom stereocenters. The third kappa shape index (κ3) is 4.36. The highest BCUT2D eigenvalue weighted by atomic mass is 16.5. The van der Waals surface area contributed by atoms with E-state index in [-0.39, 0.29) is 11.9 Å². The second-order valence-corrected chi connectivity index (χ2v) is 6.63. The van der Waals surface area contributed by atoms with Crippen molar-refractivity contribution in [3.8, 4) is 11.4 Å². The molecule has 2 aromatic heterocycles. The van der Waals surface area contributed by atoms with Crippen LogP contribution in [0.4, 0.5) is 0 Å². The molecule has 7 nitrogen and oxygen atoms in total. The quantitative estimate of drug-likeness (QED) is 0.672. The van der Waals surface area contributed by atoms with Gasteiger partial charge in [0.05, 0.1) is 30.7 Å². The van der Waals surface area contributed by atoms with Gasteiger partial charge in [0.1, 0.15) is 5.75 Å². The normalized spacial score (nSPS) is 12.0. The monoisotopic (exact) mass is 367 g/mol. The predicted octanol–water partition coefficient (Wildman–Crippen LogP) is 3.03. The van der Waals surface area contributed by atoms with Crippen LogP contribution in [0.2, 0.25) is 0 Å². The van der Waals surface area contributed by atoms with Crippen molar-refractivity contribution in [1.82, 2.24) is 25.3 Å². The second kappa shape index (κ2) is 8.07. The number of ether oxygens (including phenoxy) is 1. The van der Waals surface area contributed by atoms with Crippen LogP contribution in [0.3, 0.4) is 0 Å². The number of H-pyrrole nitrogens is 1. The molecular weight excluding hydrogens is 342 g/mol. The Morgan fingerprint density at radius 2 is 2.19 bits per heavy atom. The summed E-state index contributed by atoms with van der Waals surface area (Å²) >= 11 is 0. The highest BCUT2D eigenvalue weighted by molar-refractivity contribution is 5.76. The third-order valence-electron chi connectivity index (χ3n) is 4.74. The minimum Gasteiger partial charge on any atom is -0.497 e. The fourth-order valence-electron chi connectivity index (χ4n) is 2.86. The molecule has 0 fully saturated rings. The van der Waals surface area contributed by atoms with E-state index in [4.69, 9.17) is 4.74 Å². The van der Waals surface area contributed by atoms with Gasteiger partial charge in [-0.3, -0.25) is 9.89 Å². The summed E-state index contributed by atoms with van der Waals surface area (Å²) in [4.78, 5) is 12.3. The van der Waals surface area contributed by atoms with E-state index in [1.54, 1.807) is 18.0 Å². The van der Waals surface area contributed by atoms with Gasteiger partial charge >= 0.3 is 0 Å². The molecule has 0 aliphatic heterocycles. The van der Waals surface area contributed by atoms with Crippen LogP contribution in [0.1, 0.15) is 41.9 Å². The maximum Gasteiger partial charge on any atom is 0.220 e. The lowest BCUT2D eigenvalue weighted by molar-refractivity contribution is -0.121. The number of carbonyl (C=O) groups is 1. The molecule has 0 spiro atoms. The fraction of sp³-hybridized carbons (Fsp3) is 0.350. The van der Waals surface area contributed by atoms with Crippen LogP contribution in [0.25, 0.3) is 5.69 Å².